The first-order chi connectivity index (χ1) is 15.8. The molecule has 0 unspecified atom stereocenters. The van der Waals surface area contributed by atoms with Crippen molar-refractivity contribution < 1.29 is 9.59 Å². The van der Waals surface area contributed by atoms with Crippen LogP contribution in [-0.4, -0.2) is 46.3 Å². The van der Waals surface area contributed by atoms with E-state index < -0.39 is 0 Å². The lowest BCUT2D eigenvalue weighted by Gasteiger charge is -2.37. The van der Waals surface area contributed by atoms with E-state index in [0.29, 0.717) is 17.5 Å². The number of pyridine rings is 2. The Hall–Kier alpha value is -3.25. The van der Waals surface area contributed by atoms with E-state index in [9.17, 15) is 9.59 Å². The summed E-state index contributed by atoms with van der Waals surface area (Å²) in [4.78, 5) is 36.1. The van der Waals surface area contributed by atoms with Crippen molar-refractivity contribution in [3.05, 3.63) is 88.0 Å². The maximum Gasteiger partial charge on any atom is 0.258 e. The van der Waals surface area contributed by atoms with Gasteiger partial charge in [-0.25, -0.2) is 0 Å². The Morgan fingerprint density at radius 1 is 1.06 bits per heavy atom. The molecule has 0 N–H and O–H groups in total. The number of hydrogen-bond acceptors (Lipinski definition) is 4. The average molecular weight is 463 g/mol. The zero-order valence-electron chi connectivity index (χ0n) is 19.1. The van der Waals surface area contributed by atoms with Crippen molar-refractivity contribution in [3.8, 4) is 0 Å². The molecule has 0 saturated carbocycles. The summed E-state index contributed by atoms with van der Waals surface area (Å²) in [5.74, 6) is 0.787. The van der Waals surface area contributed by atoms with Gasteiger partial charge in [-0.05, 0) is 73.2 Å². The fraction of sp³-hybridized carbons (Fsp3) is 0.308. The molecule has 2 aliphatic heterocycles. The fourth-order valence-corrected chi connectivity index (χ4v) is 4.31. The predicted octanol–water partition coefficient (Wildman–Crippen LogP) is 4.73. The maximum atomic E-state index is 12.5. The summed E-state index contributed by atoms with van der Waals surface area (Å²) in [7, 11) is 0. The van der Waals surface area contributed by atoms with Crippen LogP contribution in [0, 0.1) is 19.8 Å². The molecule has 0 aliphatic carbocycles. The van der Waals surface area contributed by atoms with Crippen LogP contribution in [0.2, 0.25) is 5.02 Å². The first-order valence-electron chi connectivity index (χ1n) is 11.1. The summed E-state index contributed by atoms with van der Waals surface area (Å²) in [6.45, 7) is 8.49. The molecule has 5 rings (SSSR count). The van der Waals surface area contributed by atoms with Gasteiger partial charge in [0.2, 0.25) is 0 Å². The van der Waals surface area contributed by atoms with E-state index in [1.54, 1.807) is 41.8 Å². The first kappa shape index (κ1) is 22.9. The van der Waals surface area contributed by atoms with Crippen LogP contribution < -0.4 is 4.90 Å². The number of halogens is 1. The lowest BCUT2D eigenvalue weighted by molar-refractivity contribution is 0.0529. The van der Waals surface area contributed by atoms with E-state index in [1.807, 2.05) is 36.9 Å². The summed E-state index contributed by atoms with van der Waals surface area (Å²) in [6, 6.07) is 9.29. The van der Waals surface area contributed by atoms with E-state index in [4.69, 9.17) is 11.6 Å². The molecular formula is C26H27ClN4O2. The highest BCUT2D eigenvalue weighted by Crippen LogP contribution is 2.26. The van der Waals surface area contributed by atoms with Gasteiger partial charge < -0.3 is 9.80 Å². The smallest absolute Gasteiger partial charge is 0.258 e. The number of amides is 2. The highest BCUT2D eigenvalue weighted by Gasteiger charge is 2.28. The van der Waals surface area contributed by atoms with E-state index in [1.165, 1.54) is 0 Å². The Bertz CT molecular complexity index is 1190. The number of carbonyl (C=O) groups excluding carboxylic acids is 2. The Kier molecular flexibility index (Phi) is 6.75. The van der Waals surface area contributed by atoms with Gasteiger partial charge in [-0.2, -0.15) is 0 Å². The van der Waals surface area contributed by atoms with Crippen molar-refractivity contribution in [2.24, 2.45) is 5.92 Å². The van der Waals surface area contributed by atoms with E-state index in [-0.39, 0.29) is 11.8 Å². The zero-order valence-corrected chi connectivity index (χ0v) is 19.8. The largest absolute Gasteiger partial charge is 0.338 e. The van der Waals surface area contributed by atoms with Crippen LogP contribution in [0.15, 0.2) is 55.1 Å². The van der Waals surface area contributed by atoms with E-state index >= 15 is 0 Å². The van der Waals surface area contributed by atoms with E-state index in [0.717, 1.165) is 53.0 Å². The van der Waals surface area contributed by atoms with Crippen LogP contribution in [0.5, 0.6) is 0 Å². The molecule has 4 heterocycles. The molecule has 170 valence electrons. The molecule has 1 saturated heterocycles. The van der Waals surface area contributed by atoms with Gasteiger partial charge in [0.05, 0.1) is 17.4 Å². The lowest BCUT2D eigenvalue weighted by atomic mass is 9.98. The highest BCUT2D eigenvalue weighted by molar-refractivity contribution is 6.30. The Labute approximate surface area is 199 Å². The number of carbonyl (C=O) groups is 2. The van der Waals surface area contributed by atoms with Crippen LogP contribution in [0.1, 0.15) is 44.3 Å². The molecule has 33 heavy (non-hydrogen) atoms. The Morgan fingerprint density at radius 2 is 1.85 bits per heavy atom. The molecule has 6 nitrogen and oxygen atoms in total. The number of anilines is 1. The topological polar surface area (TPSA) is 66.4 Å². The first-order valence-corrected chi connectivity index (χ1v) is 11.4. The standard InChI is InChI=1S/C15H13ClN2O.C11H14N2O/c1-10-6-13(9-17-8-10)18-5-4-11-7-12(16)2-3-14(11)15(18)19;1-8-6-13(7-8)11(14)10-5-12-4-3-9(10)2/h2-3,6-9H,4-5H2,1H3;3-5,8H,6-7H2,1-2H3. The second-order valence-electron chi connectivity index (χ2n) is 8.73. The number of aryl methyl sites for hydroxylation is 2. The highest BCUT2D eigenvalue weighted by atomic mass is 35.5. The molecule has 2 amide bonds. The Balaban J connectivity index is 0.000000165. The van der Waals surface area contributed by atoms with Crippen LogP contribution in [0.4, 0.5) is 5.69 Å². The molecule has 2 aliphatic rings. The monoisotopic (exact) mass is 462 g/mol. The number of nitrogens with zero attached hydrogens (tertiary/aromatic N) is 4. The molecule has 0 bridgehead atoms. The molecule has 3 aromatic rings. The van der Waals surface area contributed by atoms with Gasteiger partial charge in [0.25, 0.3) is 11.8 Å². The molecule has 2 aromatic heterocycles. The Morgan fingerprint density at radius 3 is 2.55 bits per heavy atom. The van der Waals surface area contributed by atoms with Gasteiger partial charge in [0.15, 0.2) is 0 Å². The summed E-state index contributed by atoms with van der Waals surface area (Å²) in [5, 5.41) is 0.678. The summed E-state index contributed by atoms with van der Waals surface area (Å²) < 4.78 is 0. The van der Waals surface area contributed by atoms with Crippen molar-refractivity contribution in [2.45, 2.75) is 27.2 Å². The molecule has 0 atom stereocenters. The summed E-state index contributed by atoms with van der Waals surface area (Å²) in [5.41, 5.74) is 5.40. The van der Waals surface area contributed by atoms with Crippen LogP contribution >= 0.6 is 11.6 Å². The second-order valence-corrected chi connectivity index (χ2v) is 9.17. The van der Waals surface area contributed by atoms with Crippen LogP contribution in [-0.2, 0) is 6.42 Å². The van der Waals surface area contributed by atoms with Gasteiger partial charge in [-0.1, -0.05) is 18.5 Å². The number of likely N-dealkylation sites (tertiary alicyclic amines) is 1. The van der Waals surface area contributed by atoms with Gasteiger partial charge >= 0.3 is 0 Å². The third kappa shape index (κ3) is 5.06. The van der Waals surface area contributed by atoms with Gasteiger partial charge in [-0.3, -0.25) is 19.6 Å². The number of fused-ring (bicyclic) bond motifs is 1. The van der Waals surface area contributed by atoms with Crippen LogP contribution in [0.25, 0.3) is 0 Å². The third-order valence-corrected chi connectivity index (χ3v) is 6.18. The molecule has 7 heteroatoms. The molecular weight excluding hydrogens is 436 g/mol. The minimum atomic E-state index is 0.0188. The SMILES string of the molecule is Cc1ccncc1C(=O)N1CC(C)C1.Cc1cncc(N2CCc3cc(Cl)ccc3C2=O)c1. The molecule has 0 spiro atoms. The fourth-order valence-electron chi connectivity index (χ4n) is 4.11. The van der Waals surface area contributed by atoms with E-state index in [2.05, 4.69) is 16.9 Å². The van der Waals surface area contributed by atoms with Crippen molar-refractivity contribution in [1.82, 2.24) is 14.9 Å². The van der Waals surface area contributed by atoms with Gasteiger partial charge in [0.1, 0.15) is 0 Å². The number of hydrogen-bond donors (Lipinski definition) is 0. The van der Waals surface area contributed by atoms with Crippen molar-refractivity contribution in [1.29, 1.82) is 0 Å². The lowest BCUT2D eigenvalue weighted by Crippen LogP contribution is -2.48. The number of benzene rings is 1. The number of rotatable bonds is 2. The van der Waals surface area contributed by atoms with Gasteiger partial charge in [0, 0.05) is 48.8 Å². The quantitative estimate of drug-likeness (QED) is 0.552. The number of aromatic nitrogens is 2. The average Bonchev–Trinajstić information content (AvgIpc) is 2.77. The minimum Gasteiger partial charge on any atom is -0.338 e. The van der Waals surface area contributed by atoms with Gasteiger partial charge in [-0.15, -0.1) is 0 Å². The minimum absolute atomic E-state index is 0.0188. The molecule has 0 radical (unpaired) electrons. The molecule has 1 aromatic carbocycles. The van der Waals surface area contributed by atoms with Crippen molar-refractivity contribution >= 4 is 29.1 Å². The normalized spacial score (nSPS) is 15.3. The predicted molar refractivity (Wildman–Crippen MR) is 130 cm³/mol. The van der Waals surface area contributed by atoms with Crippen molar-refractivity contribution in [3.63, 3.8) is 0 Å². The summed E-state index contributed by atoms with van der Waals surface area (Å²) in [6.07, 6.45) is 7.69. The van der Waals surface area contributed by atoms with Crippen LogP contribution in [0.3, 0.4) is 0 Å². The zero-order chi connectivity index (χ0) is 23.5. The second kappa shape index (κ2) is 9.71. The maximum absolute atomic E-state index is 12.5. The third-order valence-electron chi connectivity index (χ3n) is 5.94. The van der Waals surface area contributed by atoms with Crippen molar-refractivity contribution in [2.75, 3.05) is 24.5 Å². The molecule has 1 fully saturated rings. The summed E-state index contributed by atoms with van der Waals surface area (Å²) >= 11 is 5.96.